The summed E-state index contributed by atoms with van der Waals surface area (Å²) >= 11 is 9.61. The molecule has 0 radical (unpaired) electrons. The summed E-state index contributed by atoms with van der Waals surface area (Å²) in [5.74, 6) is 0.195. The van der Waals surface area contributed by atoms with E-state index in [-0.39, 0.29) is 13.3 Å². The van der Waals surface area contributed by atoms with Crippen LogP contribution in [0.4, 0.5) is 0 Å². The third kappa shape index (κ3) is 6.06. The Kier molecular flexibility index (Phi) is 7.66. The van der Waals surface area contributed by atoms with Gasteiger partial charge in [-0.1, -0.05) is 35.9 Å². The molecule has 2 amide bonds. The standard InChI is InChI=1S/C24H19BrClN3O5/c25-18-9-15(5-7-20(18)32-13-17-3-1-2-4-19(17)26)12-28-29-24(31)23(30)27-11-16-6-8-21-22(10-16)34-14-33-21/h1-10,12H,11,13-14H2,(H,27,30)(H,29,31)/b28-12-. The Bertz CT molecular complexity index is 1250. The van der Waals surface area contributed by atoms with Gasteiger partial charge in [-0.15, -0.1) is 0 Å². The summed E-state index contributed by atoms with van der Waals surface area (Å²) in [6, 6.07) is 18.0. The van der Waals surface area contributed by atoms with Crippen molar-refractivity contribution in [3.8, 4) is 17.2 Å². The van der Waals surface area contributed by atoms with Crippen molar-refractivity contribution >= 4 is 45.6 Å². The predicted octanol–water partition coefficient (Wildman–Crippen LogP) is 4.18. The van der Waals surface area contributed by atoms with Gasteiger partial charge >= 0.3 is 11.8 Å². The molecule has 10 heteroatoms. The summed E-state index contributed by atoms with van der Waals surface area (Å²) in [5, 5.41) is 7.01. The van der Waals surface area contributed by atoms with Crippen LogP contribution in [0, 0.1) is 0 Å². The lowest BCUT2D eigenvalue weighted by Crippen LogP contribution is -2.37. The summed E-state index contributed by atoms with van der Waals surface area (Å²) in [4.78, 5) is 24.0. The normalized spacial score (nSPS) is 11.9. The molecule has 1 heterocycles. The first-order valence-electron chi connectivity index (χ1n) is 10.1. The van der Waals surface area contributed by atoms with Crippen LogP contribution in [0.1, 0.15) is 16.7 Å². The zero-order valence-electron chi connectivity index (χ0n) is 17.7. The fourth-order valence-corrected chi connectivity index (χ4v) is 3.72. The minimum Gasteiger partial charge on any atom is -0.488 e. The number of nitrogens with one attached hydrogen (secondary N) is 2. The molecule has 0 unspecified atom stereocenters. The summed E-state index contributed by atoms with van der Waals surface area (Å²) in [6.07, 6.45) is 1.42. The van der Waals surface area contributed by atoms with Crippen molar-refractivity contribution in [2.45, 2.75) is 13.2 Å². The molecule has 0 bridgehead atoms. The van der Waals surface area contributed by atoms with Gasteiger partial charge < -0.3 is 19.5 Å². The van der Waals surface area contributed by atoms with E-state index < -0.39 is 11.8 Å². The number of benzene rings is 3. The average Bonchev–Trinajstić information content (AvgIpc) is 3.31. The van der Waals surface area contributed by atoms with Gasteiger partial charge in [0.05, 0.1) is 10.7 Å². The molecule has 0 spiro atoms. The van der Waals surface area contributed by atoms with E-state index in [2.05, 4.69) is 31.8 Å². The average molecular weight is 545 g/mol. The molecule has 3 aromatic carbocycles. The molecular weight excluding hydrogens is 526 g/mol. The SMILES string of the molecule is O=C(NCc1ccc2c(c1)OCO2)C(=O)N/N=C\c1ccc(OCc2ccccc2Cl)c(Br)c1. The minimum absolute atomic E-state index is 0.162. The summed E-state index contributed by atoms with van der Waals surface area (Å²) in [7, 11) is 0. The molecule has 34 heavy (non-hydrogen) atoms. The van der Waals surface area contributed by atoms with Crippen molar-refractivity contribution in [3.63, 3.8) is 0 Å². The van der Waals surface area contributed by atoms with Gasteiger partial charge in [0.1, 0.15) is 12.4 Å². The highest BCUT2D eigenvalue weighted by atomic mass is 79.9. The molecule has 0 saturated heterocycles. The van der Waals surface area contributed by atoms with Crippen LogP contribution in [-0.4, -0.2) is 24.8 Å². The van der Waals surface area contributed by atoms with E-state index in [0.29, 0.717) is 38.9 Å². The van der Waals surface area contributed by atoms with E-state index in [1.165, 1.54) is 6.21 Å². The number of halogens is 2. The van der Waals surface area contributed by atoms with E-state index in [0.717, 1.165) is 11.1 Å². The quantitative estimate of drug-likeness (QED) is 0.264. The van der Waals surface area contributed by atoms with Gasteiger partial charge in [-0.05, 0) is 63.5 Å². The van der Waals surface area contributed by atoms with Gasteiger partial charge in [0, 0.05) is 17.1 Å². The smallest absolute Gasteiger partial charge is 0.329 e. The Hall–Kier alpha value is -3.56. The van der Waals surface area contributed by atoms with Crippen LogP contribution in [0.2, 0.25) is 5.02 Å². The second-order valence-corrected chi connectivity index (χ2v) is 8.40. The van der Waals surface area contributed by atoms with Crippen LogP contribution in [-0.2, 0) is 22.7 Å². The largest absolute Gasteiger partial charge is 0.488 e. The summed E-state index contributed by atoms with van der Waals surface area (Å²) in [5.41, 5.74) is 4.55. The molecule has 0 saturated carbocycles. The Morgan fingerprint density at radius 3 is 2.71 bits per heavy atom. The van der Waals surface area contributed by atoms with E-state index in [9.17, 15) is 9.59 Å². The first kappa shape index (κ1) is 23.6. The maximum atomic E-state index is 12.0. The third-order valence-corrected chi connectivity index (χ3v) is 5.76. The van der Waals surface area contributed by atoms with Crippen molar-refractivity contribution in [1.29, 1.82) is 0 Å². The Balaban J connectivity index is 1.25. The molecule has 0 atom stereocenters. The number of hydrogen-bond donors (Lipinski definition) is 2. The maximum Gasteiger partial charge on any atom is 0.329 e. The number of carbonyl (C=O) groups excluding carboxylic acids is 2. The van der Waals surface area contributed by atoms with E-state index in [1.807, 2.05) is 18.2 Å². The zero-order chi connectivity index (χ0) is 23.9. The zero-order valence-corrected chi connectivity index (χ0v) is 20.1. The Morgan fingerprint density at radius 2 is 1.88 bits per heavy atom. The molecule has 1 aliphatic rings. The van der Waals surface area contributed by atoms with Crippen molar-refractivity contribution < 1.29 is 23.8 Å². The number of nitrogens with zero attached hydrogens (tertiary/aromatic N) is 1. The Morgan fingerprint density at radius 1 is 1.06 bits per heavy atom. The number of amides is 2. The van der Waals surface area contributed by atoms with Gasteiger partial charge in [-0.3, -0.25) is 9.59 Å². The first-order valence-corrected chi connectivity index (χ1v) is 11.3. The molecule has 0 fully saturated rings. The molecule has 4 rings (SSSR count). The van der Waals surface area contributed by atoms with Crippen LogP contribution in [0.5, 0.6) is 17.2 Å². The van der Waals surface area contributed by atoms with Gasteiger partial charge in [0.2, 0.25) is 6.79 Å². The molecule has 0 aromatic heterocycles. The second-order valence-electron chi connectivity index (χ2n) is 7.14. The summed E-state index contributed by atoms with van der Waals surface area (Å²) < 4.78 is 17.0. The second kappa shape index (κ2) is 11.0. The van der Waals surface area contributed by atoms with Gasteiger partial charge in [-0.25, -0.2) is 5.43 Å². The highest BCUT2D eigenvalue weighted by molar-refractivity contribution is 9.10. The van der Waals surface area contributed by atoms with E-state index in [1.54, 1.807) is 42.5 Å². The monoisotopic (exact) mass is 543 g/mol. The lowest BCUT2D eigenvalue weighted by molar-refractivity contribution is -0.139. The van der Waals surface area contributed by atoms with Crippen molar-refractivity contribution in [3.05, 3.63) is 86.8 Å². The van der Waals surface area contributed by atoms with Crippen LogP contribution < -0.4 is 25.0 Å². The third-order valence-electron chi connectivity index (χ3n) is 4.77. The van der Waals surface area contributed by atoms with Crippen LogP contribution in [0.3, 0.4) is 0 Å². The first-order chi connectivity index (χ1) is 16.5. The fourth-order valence-electron chi connectivity index (χ4n) is 3.02. The lowest BCUT2D eigenvalue weighted by Gasteiger charge is -2.10. The number of rotatable bonds is 7. The van der Waals surface area contributed by atoms with Crippen LogP contribution in [0.25, 0.3) is 0 Å². The van der Waals surface area contributed by atoms with Crippen molar-refractivity contribution in [2.75, 3.05) is 6.79 Å². The van der Waals surface area contributed by atoms with Crippen molar-refractivity contribution in [2.24, 2.45) is 5.10 Å². The molecule has 174 valence electrons. The highest BCUT2D eigenvalue weighted by Gasteiger charge is 2.15. The van der Waals surface area contributed by atoms with Gasteiger partial charge in [-0.2, -0.15) is 5.10 Å². The highest BCUT2D eigenvalue weighted by Crippen LogP contribution is 2.32. The molecule has 3 aromatic rings. The van der Waals surface area contributed by atoms with Gasteiger partial charge in [0.15, 0.2) is 11.5 Å². The van der Waals surface area contributed by atoms with Gasteiger partial charge in [0.25, 0.3) is 0 Å². The molecule has 8 nitrogen and oxygen atoms in total. The molecule has 2 N–H and O–H groups in total. The van der Waals surface area contributed by atoms with E-state index >= 15 is 0 Å². The predicted molar refractivity (Wildman–Crippen MR) is 130 cm³/mol. The Labute approximate surface area is 209 Å². The lowest BCUT2D eigenvalue weighted by atomic mass is 10.2. The topological polar surface area (TPSA) is 98.2 Å². The minimum atomic E-state index is -0.879. The van der Waals surface area contributed by atoms with Crippen LogP contribution >= 0.6 is 27.5 Å². The van der Waals surface area contributed by atoms with Crippen molar-refractivity contribution in [1.82, 2.24) is 10.7 Å². The fraction of sp³-hybridized carbons (Fsp3) is 0.125. The number of carbonyl (C=O) groups is 2. The summed E-state index contributed by atoms with van der Waals surface area (Å²) in [6.45, 7) is 0.652. The number of ether oxygens (including phenoxy) is 3. The maximum absolute atomic E-state index is 12.0. The molecule has 0 aliphatic carbocycles. The van der Waals surface area contributed by atoms with E-state index in [4.69, 9.17) is 25.8 Å². The molecular formula is C24H19BrClN3O5. The number of fused-ring (bicyclic) bond motifs is 1. The van der Waals surface area contributed by atoms with Crippen LogP contribution in [0.15, 0.2) is 70.2 Å². The number of hydrogen-bond acceptors (Lipinski definition) is 6. The molecule has 1 aliphatic heterocycles. The number of hydrazone groups is 1.